The number of fused-ring (bicyclic) bond motifs is 1. The molecule has 0 amide bonds. The van der Waals surface area contributed by atoms with Crippen molar-refractivity contribution < 1.29 is 4.74 Å². The molecule has 0 spiro atoms. The molecular weight excluding hydrogens is 186 g/mol. The van der Waals surface area contributed by atoms with Crippen LogP contribution in [-0.4, -0.2) is 19.7 Å². The van der Waals surface area contributed by atoms with Crippen molar-refractivity contribution in [3.05, 3.63) is 29.8 Å². The molecule has 0 radical (unpaired) electrons. The summed E-state index contributed by atoms with van der Waals surface area (Å²) in [7, 11) is 0. The van der Waals surface area contributed by atoms with Crippen molar-refractivity contribution in [1.29, 1.82) is 0 Å². The average molecular weight is 205 g/mol. The van der Waals surface area contributed by atoms with E-state index in [4.69, 9.17) is 4.74 Å². The fourth-order valence-electron chi connectivity index (χ4n) is 2.30. The molecule has 0 saturated carbocycles. The molecule has 1 heterocycles. The lowest BCUT2D eigenvalue weighted by atomic mass is 9.99. The van der Waals surface area contributed by atoms with Gasteiger partial charge in [-0.15, -0.1) is 0 Å². The molecule has 1 aliphatic heterocycles. The Kier molecular flexibility index (Phi) is 3.27. The third-order valence-electron chi connectivity index (χ3n) is 3.04. The zero-order valence-electron chi connectivity index (χ0n) is 9.57. The summed E-state index contributed by atoms with van der Waals surface area (Å²) < 4.78 is 5.78. The minimum absolute atomic E-state index is 0.300. The van der Waals surface area contributed by atoms with E-state index >= 15 is 0 Å². The zero-order valence-corrected chi connectivity index (χ0v) is 9.57. The Morgan fingerprint density at radius 1 is 1.33 bits per heavy atom. The summed E-state index contributed by atoms with van der Waals surface area (Å²) in [6.07, 6.45) is 1.41. The summed E-state index contributed by atoms with van der Waals surface area (Å²) in [5.74, 6) is 0. The maximum Gasteiger partial charge on any atom is 0.0861 e. The van der Waals surface area contributed by atoms with Crippen LogP contribution in [0, 0.1) is 0 Å². The van der Waals surface area contributed by atoms with Gasteiger partial charge in [0, 0.05) is 30.9 Å². The number of para-hydroxylation sites is 1. The molecule has 0 bridgehead atoms. The molecule has 0 fully saturated rings. The van der Waals surface area contributed by atoms with Crippen LogP contribution in [0.5, 0.6) is 0 Å². The number of hydrogen-bond donors (Lipinski definition) is 0. The Labute approximate surface area is 91.9 Å². The Bertz CT molecular complexity index is 324. The van der Waals surface area contributed by atoms with Crippen LogP contribution in [-0.2, 0) is 4.74 Å². The van der Waals surface area contributed by atoms with Gasteiger partial charge in [0.1, 0.15) is 0 Å². The first-order valence-corrected chi connectivity index (χ1v) is 5.82. The largest absolute Gasteiger partial charge is 0.374 e. The predicted octanol–water partition coefficient (Wildman–Crippen LogP) is 2.99. The second-order valence-electron chi connectivity index (χ2n) is 3.87. The van der Waals surface area contributed by atoms with Crippen molar-refractivity contribution >= 4 is 5.69 Å². The molecule has 1 aromatic carbocycles. The van der Waals surface area contributed by atoms with Gasteiger partial charge in [0.25, 0.3) is 0 Å². The molecular formula is C13H19NO. The Balaban J connectivity index is 2.30. The van der Waals surface area contributed by atoms with E-state index in [1.165, 1.54) is 11.3 Å². The first kappa shape index (κ1) is 10.5. The van der Waals surface area contributed by atoms with Crippen molar-refractivity contribution in [2.45, 2.75) is 26.4 Å². The van der Waals surface area contributed by atoms with Crippen LogP contribution in [0.4, 0.5) is 5.69 Å². The molecule has 82 valence electrons. The lowest BCUT2D eigenvalue weighted by molar-refractivity contribution is 0.0548. The highest BCUT2D eigenvalue weighted by Crippen LogP contribution is 2.35. The number of anilines is 1. The molecule has 2 rings (SSSR count). The van der Waals surface area contributed by atoms with Gasteiger partial charge in [-0.1, -0.05) is 18.2 Å². The van der Waals surface area contributed by atoms with Crippen LogP contribution in [0.25, 0.3) is 0 Å². The third kappa shape index (κ3) is 2.00. The number of hydrogen-bond acceptors (Lipinski definition) is 2. The topological polar surface area (TPSA) is 12.5 Å². The summed E-state index contributed by atoms with van der Waals surface area (Å²) in [4.78, 5) is 2.42. The van der Waals surface area contributed by atoms with E-state index in [1.807, 2.05) is 0 Å². The lowest BCUT2D eigenvalue weighted by Crippen LogP contribution is -2.31. The number of ether oxygens (including phenoxy) is 1. The van der Waals surface area contributed by atoms with E-state index in [2.05, 4.69) is 43.0 Å². The summed E-state index contributed by atoms with van der Waals surface area (Å²) >= 11 is 0. The van der Waals surface area contributed by atoms with Gasteiger partial charge >= 0.3 is 0 Å². The SMILES string of the molecule is CCOC1CCN(CC)c2ccccc21. The van der Waals surface area contributed by atoms with Gasteiger partial charge in [0.05, 0.1) is 6.10 Å². The molecule has 0 aliphatic carbocycles. The van der Waals surface area contributed by atoms with E-state index in [0.717, 1.165) is 26.1 Å². The molecule has 2 heteroatoms. The first-order valence-electron chi connectivity index (χ1n) is 5.82. The quantitative estimate of drug-likeness (QED) is 0.752. The van der Waals surface area contributed by atoms with Gasteiger partial charge in [0.15, 0.2) is 0 Å². The number of nitrogens with zero attached hydrogens (tertiary/aromatic N) is 1. The highest BCUT2D eigenvalue weighted by Gasteiger charge is 2.23. The summed E-state index contributed by atoms with van der Waals surface area (Å²) in [6, 6.07) is 8.60. The van der Waals surface area contributed by atoms with Crippen LogP contribution in [0.15, 0.2) is 24.3 Å². The van der Waals surface area contributed by atoms with Crippen LogP contribution < -0.4 is 4.90 Å². The molecule has 0 saturated heterocycles. The summed E-state index contributed by atoms with van der Waals surface area (Å²) in [5.41, 5.74) is 2.71. The van der Waals surface area contributed by atoms with E-state index in [0.29, 0.717) is 6.10 Å². The Morgan fingerprint density at radius 2 is 2.13 bits per heavy atom. The predicted molar refractivity (Wildman–Crippen MR) is 63.3 cm³/mol. The maximum atomic E-state index is 5.78. The van der Waals surface area contributed by atoms with Crippen LogP contribution >= 0.6 is 0 Å². The van der Waals surface area contributed by atoms with E-state index in [1.54, 1.807) is 0 Å². The van der Waals surface area contributed by atoms with E-state index in [-0.39, 0.29) is 0 Å². The summed E-state index contributed by atoms with van der Waals surface area (Å²) in [5, 5.41) is 0. The van der Waals surface area contributed by atoms with Gasteiger partial charge in [-0.25, -0.2) is 0 Å². The number of rotatable bonds is 3. The van der Waals surface area contributed by atoms with Crippen molar-refractivity contribution in [1.82, 2.24) is 0 Å². The molecule has 1 unspecified atom stereocenters. The minimum Gasteiger partial charge on any atom is -0.374 e. The van der Waals surface area contributed by atoms with Gasteiger partial charge in [-0.05, 0) is 26.3 Å². The second kappa shape index (κ2) is 4.67. The first-order chi connectivity index (χ1) is 7.36. The van der Waals surface area contributed by atoms with Gasteiger partial charge < -0.3 is 9.64 Å². The fourth-order valence-corrected chi connectivity index (χ4v) is 2.30. The normalized spacial score (nSPS) is 20.1. The molecule has 1 aromatic rings. The molecule has 1 atom stereocenters. The standard InChI is InChI=1S/C13H19NO/c1-3-14-10-9-13(15-4-2)11-7-5-6-8-12(11)14/h5-8,13H,3-4,9-10H2,1-2H3. The van der Waals surface area contributed by atoms with Gasteiger partial charge in [0.2, 0.25) is 0 Å². The smallest absolute Gasteiger partial charge is 0.0861 e. The monoisotopic (exact) mass is 205 g/mol. The zero-order chi connectivity index (χ0) is 10.7. The van der Waals surface area contributed by atoms with Crippen molar-refractivity contribution in [3.8, 4) is 0 Å². The van der Waals surface area contributed by atoms with Crippen LogP contribution in [0.3, 0.4) is 0 Å². The van der Waals surface area contributed by atoms with Crippen LogP contribution in [0.2, 0.25) is 0 Å². The number of benzene rings is 1. The molecule has 0 N–H and O–H groups in total. The average Bonchev–Trinajstić information content (AvgIpc) is 2.30. The lowest BCUT2D eigenvalue weighted by Gasteiger charge is -2.34. The van der Waals surface area contributed by atoms with Crippen molar-refractivity contribution in [2.24, 2.45) is 0 Å². The van der Waals surface area contributed by atoms with Crippen molar-refractivity contribution in [2.75, 3.05) is 24.6 Å². The highest BCUT2D eigenvalue weighted by atomic mass is 16.5. The van der Waals surface area contributed by atoms with E-state index < -0.39 is 0 Å². The second-order valence-corrected chi connectivity index (χ2v) is 3.87. The van der Waals surface area contributed by atoms with Crippen LogP contribution in [0.1, 0.15) is 31.9 Å². The third-order valence-corrected chi connectivity index (χ3v) is 3.04. The summed E-state index contributed by atoms with van der Waals surface area (Å²) in [6.45, 7) is 7.26. The van der Waals surface area contributed by atoms with Crippen molar-refractivity contribution in [3.63, 3.8) is 0 Å². The highest BCUT2D eigenvalue weighted by molar-refractivity contribution is 5.56. The van der Waals surface area contributed by atoms with E-state index in [9.17, 15) is 0 Å². The van der Waals surface area contributed by atoms with Gasteiger partial charge in [-0.2, -0.15) is 0 Å². The molecule has 1 aliphatic rings. The molecule has 0 aromatic heterocycles. The fraction of sp³-hybridized carbons (Fsp3) is 0.538. The Morgan fingerprint density at radius 3 is 2.87 bits per heavy atom. The van der Waals surface area contributed by atoms with Gasteiger partial charge in [-0.3, -0.25) is 0 Å². The maximum absolute atomic E-state index is 5.78. The molecule has 15 heavy (non-hydrogen) atoms. The Hall–Kier alpha value is -1.02. The molecule has 2 nitrogen and oxygen atoms in total. The minimum atomic E-state index is 0.300.